The molecular weight excluding hydrogens is 278 g/mol. The molecule has 3 heteroatoms. The molecule has 0 aliphatic carbocycles. The third kappa shape index (κ3) is 4.35. The first-order chi connectivity index (χ1) is 9.79. The Balaban J connectivity index is 3.37. The Bertz CT molecular complexity index is 541. The third-order valence-corrected chi connectivity index (χ3v) is 4.35. The standard InChI is InChI=1S/C18H25NOS/c1-11(2)14-7-8-15(16(9-14)12(3)4)17(13(5)6)18(20)21-10-19/h7-9,11-13,17H,1-6H3. The second-order valence-corrected chi connectivity index (χ2v) is 7.22. The first kappa shape index (κ1) is 17.8. The summed E-state index contributed by atoms with van der Waals surface area (Å²) in [6.07, 6.45) is 0. The molecule has 0 aliphatic heterocycles. The van der Waals surface area contributed by atoms with Crippen LogP contribution in [0.4, 0.5) is 0 Å². The van der Waals surface area contributed by atoms with Crippen LogP contribution in [-0.4, -0.2) is 5.12 Å². The number of nitrogens with zero attached hydrogens (tertiary/aromatic N) is 1. The minimum absolute atomic E-state index is 0.0494. The van der Waals surface area contributed by atoms with Gasteiger partial charge < -0.3 is 0 Å². The van der Waals surface area contributed by atoms with Gasteiger partial charge in [-0.2, -0.15) is 5.26 Å². The van der Waals surface area contributed by atoms with Crippen molar-refractivity contribution in [2.24, 2.45) is 5.92 Å². The molecule has 0 spiro atoms. The van der Waals surface area contributed by atoms with E-state index in [-0.39, 0.29) is 17.0 Å². The third-order valence-electron chi connectivity index (χ3n) is 3.80. The van der Waals surface area contributed by atoms with Crippen molar-refractivity contribution in [1.29, 1.82) is 5.26 Å². The summed E-state index contributed by atoms with van der Waals surface area (Å²) in [5.74, 6) is 0.798. The molecule has 1 rings (SSSR count). The zero-order valence-electron chi connectivity index (χ0n) is 13.8. The van der Waals surface area contributed by atoms with Crippen molar-refractivity contribution in [1.82, 2.24) is 0 Å². The van der Waals surface area contributed by atoms with Crippen LogP contribution in [0.15, 0.2) is 18.2 Å². The van der Waals surface area contributed by atoms with Gasteiger partial charge in [-0.1, -0.05) is 59.7 Å². The number of hydrogen-bond donors (Lipinski definition) is 0. The van der Waals surface area contributed by atoms with Gasteiger partial charge in [0.1, 0.15) is 5.40 Å². The Morgan fingerprint density at radius 1 is 1.05 bits per heavy atom. The molecule has 0 radical (unpaired) electrons. The van der Waals surface area contributed by atoms with E-state index in [1.165, 1.54) is 11.1 Å². The molecule has 1 unspecified atom stereocenters. The summed E-state index contributed by atoms with van der Waals surface area (Å²) in [6.45, 7) is 12.7. The smallest absolute Gasteiger partial charge is 0.211 e. The lowest BCUT2D eigenvalue weighted by Gasteiger charge is -2.24. The Morgan fingerprint density at radius 2 is 1.67 bits per heavy atom. The van der Waals surface area contributed by atoms with E-state index >= 15 is 0 Å². The maximum Gasteiger partial charge on any atom is 0.211 e. The van der Waals surface area contributed by atoms with Gasteiger partial charge in [0, 0.05) is 11.8 Å². The molecule has 0 aromatic heterocycles. The number of nitriles is 1. The highest BCUT2D eigenvalue weighted by Gasteiger charge is 2.27. The van der Waals surface area contributed by atoms with E-state index in [1.807, 2.05) is 19.2 Å². The van der Waals surface area contributed by atoms with Crippen molar-refractivity contribution in [2.75, 3.05) is 0 Å². The van der Waals surface area contributed by atoms with Crippen molar-refractivity contribution in [2.45, 2.75) is 59.3 Å². The van der Waals surface area contributed by atoms with Gasteiger partial charge in [0.05, 0.1) is 5.92 Å². The van der Waals surface area contributed by atoms with Crippen LogP contribution in [-0.2, 0) is 4.79 Å². The average Bonchev–Trinajstić information content (AvgIpc) is 2.38. The second-order valence-electron chi connectivity index (χ2n) is 6.43. The van der Waals surface area contributed by atoms with Crippen molar-refractivity contribution < 1.29 is 4.79 Å². The zero-order valence-corrected chi connectivity index (χ0v) is 14.6. The molecular formula is C18H25NOS. The minimum atomic E-state index is -0.215. The molecule has 1 aromatic carbocycles. The van der Waals surface area contributed by atoms with Gasteiger partial charge in [-0.3, -0.25) is 4.79 Å². The number of thioether (sulfide) groups is 1. The highest BCUT2D eigenvalue weighted by molar-refractivity contribution is 8.17. The Hall–Kier alpha value is -1.27. The van der Waals surface area contributed by atoms with E-state index in [0.717, 1.165) is 17.3 Å². The fourth-order valence-electron chi connectivity index (χ4n) is 2.60. The molecule has 0 saturated carbocycles. The van der Waals surface area contributed by atoms with Gasteiger partial charge in [-0.15, -0.1) is 0 Å². The SMILES string of the molecule is CC(C)c1ccc(C(C(=O)SC#N)C(C)C)c(C(C)C)c1. The van der Waals surface area contributed by atoms with Gasteiger partial charge >= 0.3 is 0 Å². The lowest BCUT2D eigenvalue weighted by atomic mass is 9.82. The molecule has 0 aliphatic rings. The summed E-state index contributed by atoms with van der Waals surface area (Å²) < 4.78 is 0. The van der Waals surface area contributed by atoms with Crippen molar-refractivity contribution in [3.05, 3.63) is 34.9 Å². The predicted octanol–water partition coefficient (Wildman–Crippen LogP) is 5.41. The predicted molar refractivity (Wildman–Crippen MR) is 90.4 cm³/mol. The van der Waals surface area contributed by atoms with Crippen LogP contribution in [0.3, 0.4) is 0 Å². The van der Waals surface area contributed by atoms with Crippen LogP contribution >= 0.6 is 11.8 Å². The number of carbonyl (C=O) groups excluding carboxylic acids is 1. The van der Waals surface area contributed by atoms with E-state index in [9.17, 15) is 4.79 Å². The molecule has 114 valence electrons. The monoisotopic (exact) mass is 303 g/mol. The molecule has 0 heterocycles. The summed E-state index contributed by atoms with van der Waals surface area (Å²) in [7, 11) is 0. The van der Waals surface area contributed by atoms with Gasteiger partial charge in [0.15, 0.2) is 0 Å². The lowest BCUT2D eigenvalue weighted by molar-refractivity contribution is -0.113. The Morgan fingerprint density at radius 3 is 2.10 bits per heavy atom. The Labute approximate surface area is 132 Å². The van der Waals surface area contributed by atoms with E-state index < -0.39 is 0 Å². The second kappa shape index (κ2) is 7.66. The molecule has 0 fully saturated rings. The normalized spacial score (nSPS) is 12.8. The molecule has 21 heavy (non-hydrogen) atoms. The van der Waals surface area contributed by atoms with Gasteiger partial charge in [0.25, 0.3) is 0 Å². The van der Waals surface area contributed by atoms with Crippen LogP contribution in [0, 0.1) is 16.6 Å². The number of carbonyl (C=O) groups is 1. The molecule has 1 aromatic rings. The maximum atomic E-state index is 12.3. The summed E-state index contributed by atoms with van der Waals surface area (Å²) >= 11 is 0.760. The largest absolute Gasteiger partial charge is 0.285 e. The Kier molecular flexibility index (Phi) is 6.48. The van der Waals surface area contributed by atoms with Gasteiger partial charge in [0.2, 0.25) is 5.12 Å². The number of benzene rings is 1. The van der Waals surface area contributed by atoms with Crippen molar-refractivity contribution in [3.8, 4) is 5.40 Å². The fourth-order valence-corrected chi connectivity index (χ4v) is 3.22. The fraction of sp³-hybridized carbons (Fsp3) is 0.556. The van der Waals surface area contributed by atoms with Crippen LogP contribution < -0.4 is 0 Å². The van der Waals surface area contributed by atoms with E-state index in [4.69, 9.17) is 5.26 Å². The molecule has 2 nitrogen and oxygen atoms in total. The van der Waals surface area contributed by atoms with Crippen LogP contribution in [0.5, 0.6) is 0 Å². The number of hydrogen-bond acceptors (Lipinski definition) is 3. The molecule has 0 N–H and O–H groups in total. The van der Waals surface area contributed by atoms with Crippen molar-refractivity contribution >= 4 is 16.9 Å². The molecule has 0 bridgehead atoms. The topological polar surface area (TPSA) is 40.9 Å². The highest BCUT2D eigenvalue weighted by Crippen LogP contribution is 2.36. The van der Waals surface area contributed by atoms with Gasteiger partial charge in [-0.25, -0.2) is 0 Å². The zero-order chi connectivity index (χ0) is 16.2. The number of thiocyanates is 1. The summed E-state index contributed by atoms with van der Waals surface area (Å²) in [6, 6.07) is 6.43. The lowest BCUT2D eigenvalue weighted by Crippen LogP contribution is -2.17. The molecule has 1 atom stereocenters. The van der Waals surface area contributed by atoms with E-state index in [1.54, 1.807) is 0 Å². The molecule has 0 saturated heterocycles. The summed E-state index contributed by atoms with van der Waals surface area (Å²) in [5.41, 5.74) is 3.61. The van der Waals surface area contributed by atoms with Crippen LogP contribution in [0.25, 0.3) is 0 Å². The van der Waals surface area contributed by atoms with Crippen LogP contribution in [0.1, 0.15) is 76.0 Å². The first-order valence-corrected chi connectivity index (χ1v) is 8.34. The molecule has 0 amide bonds. The van der Waals surface area contributed by atoms with E-state index in [2.05, 4.69) is 45.9 Å². The first-order valence-electron chi connectivity index (χ1n) is 7.53. The highest BCUT2D eigenvalue weighted by atomic mass is 32.2. The minimum Gasteiger partial charge on any atom is -0.285 e. The quantitative estimate of drug-likeness (QED) is 0.682. The van der Waals surface area contributed by atoms with Crippen molar-refractivity contribution in [3.63, 3.8) is 0 Å². The van der Waals surface area contributed by atoms with Crippen LogP contribution in [0.2, 0.25) is 0 Å². The number of rotatable bonds is 5. The van der Waals surface area contributed by atoms with Gasteiger partial charge in [-0.05, 0) is 34.4 Å². The summed E-state index contributed by atoms with van der Waals surface area (Å²) in [4.78, 5) is 12.3. The van der Waals surface area contributed by atoms with E-state index in [0.29, 0.717) is 11.8 Å². The maximum absolute atomic E-state index is 12.3. The average molecular weight is 303 g/mol. The summed E-state index contributed by atoms with van der Waals surface area (Å²) in [5, 5.41) is 10.7.